The quantitative estimate of drug-likeness (QED) is 0.451. The Hall–Kier alpha value is -0.0800. The summed E-state index contributed by atoms with van der Waals surface area (Å²) < 4.78 is 0. The fourth-order valence-corrected chi connectivity index (χ4v) is 2.74. The average Bonchev–Trinajstić information content (AvgIpc) is 2.42. The van der Waals surface area contributed by atoms with Crippen LogP contribution in [0.3, 0.4) is 0 Å². The Labute approximate surface area is 120 Å². The van der Waals surface area contributed by atoms with E-state index in [4.69, 9.17) is 5.11 Å². The van der Waals surface area contributed by atoms with Crippen LogP contribution in [-0.4, -0.2) is 22.9 Å². The Morgan fingerprint density at radius 3 is 1.68 bits per heavy atom. The molecule has 0 bridgehead atoms. The fourth-order valence-electron chi connectivity index (χ4n) is 2.74. The minimum Gasteiger partial charge on any atom is -0.394 e. The highest BCUT2D eigenvalue weighted by atomic mass is 16.3. The first-order valence-corrected chi connectivity index (χ1v) is 8.53. The van der Waals surface area contributed by atoms with Crippen LogP contribution in [0.15, 0.2) is 0 Å². The summed E-state index contributed by atoms with van der Waals surface area (Å²) in [6.45, 7) is 4.40. The number of unbranched alkanes of at least 4 members (excludes halogenated alkanes) is 7. The first kappa shape index (κ1) is 18.9. The Morgan fingerprint density at radius 2 is 1.21 bits per heavy atom. The van der Waals surface area contributed by atoms with Crippen molar-refractivity contribution in [2.24, 2.45) is 5.92 Å². The molecule has 116 valence electrons. The number of hydrogen-bond acceptors (Lipinski definition) is 2. The maximum absolute atomic E-state index is 9.62. The molecular formula is C17H36O2. The van der Waals surface area contributed by atoms with E-state index in [1.807, 2.05) is 0 Å². The van der Waals surface area contributed by atoms with Gasteiger partial charge in [-0.1, -0.05) is 84.5 Å². The molecule has 0 fully saturated rings. The minimum atomic E-state index is -0.508. The van der Waals surface area contributed by atoms with Gasteiger partial charge in [0, 0.05) is 0 Å². The van der Waals surface area contributed by atoms with Crippen molar-refractivity contribution < 1.29 is 10.2 Å². The van der Waals surface area contributed by atoms with Gasteiger partial charge in [0.15, 0.2) is 0 Å². The molecule has 2 unspecified atom stereocenters. The van der Waals surface area contributed by atoms with Crippen molar-refractivity contribution in [3.8, 4) is 0 Å². The standard InChI is InChI=1S/C17H36O2/c1-3-5-7-9-11-13-16(14-17(19)15-18)12-10-8-6-4-2/h16-19H,3-15H2,1-2H3. The van der Waals surface area contributed by atoms with Crippen molar-refractivity contribution in [2.75, 3.05) is 6.61 Å². The van der Waals surface area contributed by atoms with Gasteiger partial charge in [0.25, 0.3) is 0 Å². The Kier molecular flexibility index (Phi) is 14.3. The Balaban J connectivity index is 3.76. The fraction of sp³-hybridized carbons (Fsp3) is 1.00. The van der Waals surface area contributed by atoms with Gasteiger partial charge in [-0.15, -0.1) is 0 Å². The molecule has 0 spiro atoms. The van der Waals surface area contributed by atoms with E-state index in [2.05, 4.69) is 13.8 Å². The second kappa shape index (κ2) is 14.3. The third-order valence-corrected chi connectivity index (χ3v) is 4.00. The van der Waals surface area contributed by atoms with Crippen molar-refractivity contribution in [3.63, 3.8) is 0 Å². The molecule has 0 aromatic rings. The highest BCUT2D eigenvalue weighted by Gasteiger charge is 2.13. The molecule has 0 aliphatic carbocycles. The molecule has 0 aromatic carbocycles. The lowest BCUT2D eigenvalue weighted by molar-refractivity contribution is 0.0705. The molecule has 0 saturated heterocycles. The SMILES string of the molecule is CCCCCCCC(CCCCCC)CC(O)CO. The van der Waals surface area contributed by atoms with Crippen molar-refractivity contribution in [1.82, 2.24) is 0 Å². The van der Waals surface area contributed by atoms with Crippen LogP contribution in [0.1, 0.15) is 90.9 Å². The second-order valence-electron chi connectivity index (χ2n) is 5.99. The van der Waals surface area contributed by atoms with Gasteiger partial charge in [-0.25, -0.2) is 0 Å². The molecule has 0 radical (unpaired) electrons. The summed E-state index contributed by atoms with van der Waals surface area (Å²) in [4.78, 5) is 0. The zero-order chi connectivity index (χ0) is 14.3. The van der Waals surface area contributed by atoms with Gasteiger partial charge < -0.3 is 10.2 Å². The molecule has 0 saturated carbocycles. The topological polar surface area (TPSA) is 40.5 Å². The number of hydrogen-bond donors (Lipinski definition) is 2. The van der Waals surface area contributed by atoms with Crippen LogP contribution in [0.4, 0.5) is 0 Å². The maximum Gasteiger partial charge on any atom is 0.0773 e. The summed E-state index contributed by atoms with van der Waals surface area (Å²) in [5.74, 6) is 0.612. The van der Waals surface area contributed by atoms with Gasteiger partial charge in [0.1, 0.15) is 0 Å². The number of aliphatic hydroxyl groups excluding tert-OH is 2. The van der Waals surface area contributed by atoms with E-state index < -0.39 is 6.10 Å². The highest BCUT2D eigenvalue weighted by Crippen LogP contribution is 2.23. The van der Waals surface area contributed by atoms with E-state index in [1.165, 1.54) is 70.6 Å². The summed E-state index contributed by atoms with van der Waals surface area (Å²) >= 11 is 0. The lowest BCUT2D eigenvalue weighted by Crippen LogP contribution is -2.17. The monoisotopic (exact) mass is 272 g/mol. The molecule has 2 N–H and O–H groups in total. The molecule has 2 nitrogen and oxygen atoms in total. The second-order valence-corrected chi connectivity index (χ2v) is 5.99. The average molecular weight is 272 g/mol. The largest absolute Gasteiger partial charge is 0.394 e. The summed E-state index contributed by atoms with van der Waals surface area (Å²) in [5.41, 5.74) is 0. The molecule has 0 heterocycles. The first-order valence-electron chi connectivity index (χ1n) is 8.53. The van der Waals surface area contributed by atoms with Crippen LogP contribution >= 0.6 is 0 Å². The lowest BCUT2D eigenvalue weighted by atomic mass is 9.90. The number of aliphatic hydroxyl groups is 2. The molecular weight excluding hydrogens is 236 g/mol. The van der Waals surface area contributed by atoms with E-state index in [0.29, 0.717) is 5.92 Å². The molecule has 0 aliphatic heterocycles. The highest BCUT2D eigenvalue weighted by molar-refractivity contribution is 4.66. The van der Waals surface area contributed by atoms with Crippen LogP contribution in [-0.2, 0) is 0 Å². The summed E-state index contributed by atoms with van der Waals surface area (Å²) in [6, 6.07) is 0. The van der Waals surface area contributed by atoms with Crippen molar-refractivity contribution in [3.05, 3.63) is 0 Å². The molecule has 2 atom stereocenters. The van der Waals surface area contributed by atoms with E-state index in [0.717, 1.165) is 6.42 Å². The molecule has 0 rings (SSSR count). The van der Waals surface area contributed by atoms with Crippen LogP contribution in [0.5, 0.6) is 0 Å². The third-order valence-electron chi connectivity index (χ3n) is 4.00. The van der Waals surface area contributed by atoms with Gasteiger partial charge in [-0.05, 0) is 12.3 Å². The van der Waals surface area contributed by atoms with E-state index in [1.54, 1.807) is 0 Å². The predicted molar refractivity (Wildman–Crippen MR) is 83.3 cm³/mol. The molecule has 19 heavy (non-hydrogen) atoms. The van der Waals surface area contributed by atoms with Crippen molar-refractivity contribution in [2.45, 2.75) is 97.0 Å². The Bertz CT molecular complexity index is 171. The Morgan fingerprint density at radius 1 is 0.737 bits per heavy atom. The van der Waals surface area contributed by atoms with Crippen LogP contribution in [0.25, 0.3) is 0 Å². The zero-order valence-corrected chi connectivity index (χ0v) is 13.2. The summed E-state index contributed by atoms with van der Waals surface area (Å²) in [6.07, 6.45) is 14.5. The normalized spacial score (nSPS) is 14.5. The van der Waals surface area contributed by atoms with Crippen LogP contribution < -0.4 is 0 Å². The van der Waals surface area contributed by atoms with Crippen molar-refractivity contribution in [1.29, 1.82) is 0 Å². The predicted octanol–water partition coefficient (Wildman–Crippen LogP) is 4.68. The van der Waals surface area contributed by atoms with Gasteiger partial charge in [0.2, 0.25) is 0 Å². The molecule has 2 heteroatoms. The van der Waals surface area contributed by atoms with Crippen molar-refractivity contribution >= 4 is 0 Å². The molecule has 0 aromatic heterocycles. The third kappa shape index (κ3) is 12.7. The van der Waals surface area contributed by atoms with E-state index in [-0.39, 0.29) is 6.61 Å². The van der Waals surface area contributed by atoms with Crippen LogP contribution in [0.2, 0.25) is 0 Å². The minimum absolute atomic E-state index is 0.0820. The summed E-state index contributed by atoms with van der Waals surface area (Å²) in [5, 5.41) is 18.6. The zero-order valence-electron chi connectivity index (χ0n) is 13.2. The smallest absolute Gasteiger partial charge is 0.0773 e. The number of rotatable bonds is 14. The van der Waals surface area contributed by atoms with E-state index in [9.17, 15) is 5.11 Å². The molecule has 0 aliphatic rings. The van der Waals surface area contributed by atoms with Gasteiger partial charge in [0.05, 0.1) is 12.7 Å². The van der Waals surface area contributed by atoms with Gasteiger partial charge >= 0.3 is 0 Å². The summed E-state index contributed by atoms with van der Waals surface area (Å²) in [7, 11) is 0. The first-order chi connectivity index (χ1) is 9.24. The van der Waals surface area contributed by atoms with Gasteiger partial charge in [-0.2, -0.15) is 0 Å². The van der Waals surface area contributed by atoms with Gasteiger partial charge in [-0.3, -0.25) is 0 Å². The molecule has 0 amide bonds. The van der Waals surface area contributed by atoms with E-state index >= 15 is 0 Å². The maximum atomic E-state index is 9.62. The lowest BCUT2D eigenvalue weighted by Gasteiger charge is -2.19. The van der Waals surface area contributed by atoms with Crippen LogP contribution in [0, 0.1) is 5.92 Å².